The van der Waals surface area contributed by atoms with Gasteiger partial charge < -0.3 is 9.09 Å². The maximum absolute atomic E-state index is 14.3. The smallest absolute Gasteiger partial charge is 0.141 e. The van der Waals surface area contributed by atoms with E-state index in [2.05, 4.69) is 32.2 Å². The fourth-order valence-electron chi connectivity index (χ4n) is 4.70. The van der Waals surface area contributed by atoms with Crippen LogP contribution in [-0.4, -0.2) is 30.6 Å². The van der Waals surface area contributed by atoms with Gasteiger partial charge in [-0.2, -0.15) is 5.10 Å². The molecule has 6 nitrogen and oxygen atoms in total. The van der Waals surface area contributed by atoms with Crippen molar-refractivity contribution in [2.75, 3.05) is 0 Å². The highest BCUT2D eigenvalue weighted by atomic mass is 19.1. The molecule has 0 unspecified atom stereocenters. The number of rotatable bonds is 4. The zero-order valence-electron chi connectivity index (χ0n) is 17.6. The lowest BCUT2D eigenvalue weighted by Crippen LogP contribution is -2.27. The Morgan fingerprint density at radius 1 is 1.23 bits per heavy atom. The van der Waals surface area contributed by atoms with Crippen molar-refractivity contribution in [2.45, 2.75) is 58.7 Å². The first kappa shape index (κ1) is 19.0. The normalized spacial score (nSPS) is 22.1. The van der Waals surface area contributed by atoms with Crippen molar-refractivity contribution in [1.29, 1.82) is 0 Å². The lowest BCUT2D eigenvalue weighted by Gasteiger charge is -2.31. The lowest BCUT2D eigenvalue weighted by molar-refractivity contribution is 0.0985. The highest BCUT2D eigenvalue weighted by molar-refractivity contribution is 5.94. The summed E-state index contributed by atoms with van der Waals surface area (Å²) >= 11 is 0. The molecule has 5 rings (SSSR count). The average molecular weight is 407 g/mol. The number of nitrogens with one attached hydrogen (secondary N) is 1. The Morgan fingerprint density at radius 3 is 2.70 bits per heavy atom. The topological polar surface area (TPSA) is 72.5 Å². The van der Waals surface area contributed by atoms with E-state index >= 15 is 0 Å². The molecule has 1 aliphatic rings. The van der Waals surface area contributed by atoms with Crippen LogP contribution in [0, 0.1) is 19.8 Å². The Kier molecular flexibility index (Phi) is 4.49. The number of hydrogen-bond donors (Lipinski definition) is 1. The van der Waals surface area contributed by atoms with Gasteiger partial charge in [0.1, 0.15) is 11.4 Å². The van der Waals surface area contributed by atoms with Gasteiger partial charge in [-0.15, -0.1) is 0 Å². The second-order valence-electron chi connectivity index (χ2n) is 8.83. The second-order valence-corrected chi connectivity index (χ2v) is 8.83. The van der Waals surface area contributed by atoms with Crippen molar-refractivity contribution in [3.05, 3.63) is 42.3 Å². The molecular weight excluding hydrogens is 381 g/mol. The van der Waals surface area contributed by atoms with Gasteiger partial charge in [-0.3, -0.25) is 10.1 Å². The lowest BCUT2D eigenvalue weighted by atomic mass is 9.81. The van der Waals surface area contributed by atoms with E-state index in [1.54, 1.807) is 6.92 Å². The van der Waals surface area contributed by atoms with Gasteiger partial charge in [0.25, 0.3) is 0 Å². The molecule has 0 spiro atoms. The first-order chi connectivity index (χ1) is 14.4. The third-order valence-corrected chi connectivity index (χ3v) is 6.45. The molecule has 1 fully saturated rings. The van der Waals surface area contributed by atoms with Crippen LogP contribution in [0.4, 0.5) is 4.39 Å². The Bertz CT molecular complexity index is 1160. The van der Waals surface area contributed by atoms with Gasteiger partial charge in [0, 0.05) is 47.4 Å². The number of H-pyrrole nitrogens is 1. The predicted octanol–water partition coefficient (Wildman–Crippen LogP) is 5.62. The first-order valence-corrected chi connectivity index (χ1v) is 10.5. The van der Waals surface area contributed by atoms with Gasteiger partial charge in [0.2, 0.25) is 0 Å². The fourth-order valence-corrected chi connectivity index (χ4v) is 4.70. The fraction of sp³-hybridized carbons (Fsp3) is 0.435. The number of halogens is 1. The summed E-state index contributed by atoms with van der Waals surface area (Å²) in [6.45, 7) is 6.45. The van der Waals surface area contributed by atoms with Crippen molar-refractivity contribution in [3.63, 3.8) is 0 Å². The van der Waals surface area contributed by atoms with Gasteiger partial charge in [-0.1, -0.05) is 5.16 Å². The van der Waals surface area contributed by atoms with E-state index in [1.807, 2.05) is 32.4 Å². The van der Waals surface area contributed by atoms with E-state index in [-0.39, 0.29) is 0 Å². The molecule has 1 aliphatic carbocycles. The van der Waals surface area contributed by atoms with Crippen molar-refractivity contribution in [2.24, 2.45) is 5.92 Å². The van der Waals surface area contributed by atoms with Gasteiger partial charge >= 0.3 is 0 Å². The van der Waals surface area contributed by atoms with Crippen LogP contribution < -0.4 is 0 Å². The van der Waals surface area contributed by atoms with E-state index in [1.165, 1.54) is 0 Å². The van der Waals surface area contributed by atoms with E-state index in [9.17, 15) is 4.39 Å². The molecule has 7 heteroatoms. The molecular formula is C23H26FN5O. The highest BCUT2D eigenvalue weighted by Gasteiger charge is 2.31. The van der Waals surface area contributed by atoms with Gasteiger partial charge in [0.05, 0.1) is 22.9 Å². The minimum Gasteiger partial charge on any atom is -0.361 e. The molecule has 1 N–H and O–H groups in total. The van der Waals surface area contributed by atoms with Crippen LogP contribution in [0.2, 0.25) is 0 Å². The molecule has 0 aromatic carbocycles. The summed E-state index contributed by atoms with van der Waals surface area (Å²) in [6.07, 6.45) is 10.8. The van der Waals surface area contributed by atoms with E-state index < -0.39 is 5.67 Å². The maximum atomic E-state index is 14.3. The number of nitrogens with zero attached hydrogens (tertiary/aromatic N) is 4. The molecule has 0 atom stereocenters. The zero-order valence-corrected chi connectivity index (χ0v) is 17.6. The average Bonchev–Trinajstić information content (AvgIpc) is 3.43. The van der Waals surface area contributed by atoms with Crippen LogP contribution in [0.3, 0.4) is 0 Å². The highest BCUT2D eigenvalue weighted by Crippen LogP contribution is 2.38. The molecule has 4 aromatic heterocycles. The number of hydrogen-bond acceptors (Lipinski definition) is 4. The van der Waals surface area contributed by atoms with E-state index in [0.29, 0.717) is 18.8 Å². The Labute approximate surface area is 174 Å². The third-order valence-electron chi connectivity index (χ3n) is 6.45. The molecule has 0 radical (unpaired) electrons. The van der Waals surface area contributed by atoms with E-state index in [4.69, 9.17) is 9.51 Å². The van der Waals surface area contributed by atoms with Crippen LogP contribution in [-0.2, 0) is 6.54 Å². The summed E-state index contributed by atoms with van der Waals surface area (Å²) in [7, 11) is 0. The number of fused-ring (bicyclic) bond motifs is 1. The Hall–Kier alpha value is -2.96. The Morgan fingerprint density at radius 2 is 2.03 bits per heavy atom. The van der Waals surface area contributed by atoms with Crippen molar-refractivity contribution in [3.8, 4) is 22.3 Å². The minimum absolute atomic E-state index is 0.462. The van der Waals surface area contributed by atoms with Crippen molar-refractivity contribution < 1.29 is 8.91 Å². The molecule has 156 valence electrons. The number of alkyl halides is 1. The second kappa shape index (κ2) is 7.07. The summed E-state index contributed by atoms with van der Waals surface area (Å²) in [5.74, 6) is 1.25. The molecule has 0 aliphatic heterocycles. The minimum atomic E-state index is -1.02. The molecule has 30 heavy (non-hydrogen) atoms. The molecule has 4 aromatic rings. The Balaban J connectivity index is 1.58. The summed E-state index contributed by atoms with van der Waals surface area (Å²) in [6, 6.07) is 2.17. The number of aromatic amines is 1. The van der Waals surface area contributed by atoms with Crippen LogP contribution in [0.25, 0.3) is 33.3 Å². The molecule has 0 amide bonds. The summed E-state index contributed by atoms with van der Waals surface area (Å²) in [4.78, 5) is 4.82. The number of aromatic nitrogens is 5. The maximum Gasteiger partial charge on any atom is 0.141 e. The standard InChI is InChI=1S/C23H26FN5O/c1-14-21(15(2)30-28-14)17-8-20-22(25-9-17)19(18-10-26-27-11-18)13-29(20)12-16-4-6-23(3,24)7-5-16/h8-11,13,16H,4-7,12H2,1-3H3,(H,26,27). The van der Waals surface area contributed by atoms with Gasteiger partial charge in [-0.25, -0.2) is 4.39 Å². The first-order valence-electron chi connectivity index (χ1n) is 10.5. The predicted molar refractivity (Wildman–Crippen MR) is 114 cm³/mol. The molecule has 4 heterocycles. The molecule has 1 saturated carbocycles. The number of aryl methyl sites for hydroxylation is 2. The van der Waals surface area contributed by atoms with Crippen molar-refractivity contribution >= 4 is 11.0 Å². The largest absolute Gasteiger partial charge is 0.361 e. The summed E-state index contributed by atoms with van der Waals surface area (Å²) in [5.41, 5.74) is 5.90. The van der Waals surface area contributed by atoms with E-state index in [0.717, 1.165) is 64.1 Å². The third kappa shape index (κ3) is 3.32. The van der Waals surface area contributed by atoms with Gasteiger partial charge in [-0.05, 0) is 58.4 Å². The van der Waals surface area contributed by atoms with Crippen LogP contribution in [0.15, 0.2) is 35.4 Å². The quantitative estimate of drug-likeness (QED) is 0.477. The SMILES string of the molecule is Cc1noc(C)c1-c1cnc2c(-c3cn[nH]c3)cn(CC3CCC(C)(F)CC3)c2c1. The number of pyridine rings is 1. The van der Waals surface area contributed by atoms with Crippen LogP contribution in [0.5, 0.6) is 0 Å². The van der Waals surface area contributed by atoms with Crippen LogP contribution in [0.1, 0.15) is 44.1 Å². The van der Waals surface area contributed by atoms with Gasteiger partial charge in [0.15, 0.2) is 0 Å². The van der Waals surface area contributed by atoms with Crippen molar-refractivity contribution in [1.82, 2.24) is 24.9 Å². The van der Waals surface area contributed by atoms with Crippen LogP contribution >= 0.6 is 0 Å². The summed E-state index contributed by atoms with van der Waals surface area (Å²) < 4.78 is 21.9. The zero-order chi connectivity index (χ0) is 20.9. The summed E-state index contributed by atoms with van der Waals surface area (Å²) in [5, 5.41) is 11.1. The molecule has 0 saturated heterocycles. The monoisotopic (exact) mass is 407 g/mol. The molecule has 0 bridgehead atoms.